The van der Waals surface area contributed by atoms with Gasteiger partial charge >= 0.3 is 0 Å². The Morgan fingerprint density at radius 3 is 2.43 bits per heavy atom. The quantitative estimate of drug-likeness (QED) is 0.304. The Kier molecular flexibility index (Phi) is 7.75. The van der Waals surface area contributed by atoms with Gasteiger partial charge in [-0.1, -0.05) is 54.6 Å². The summed E-state index contributed by atoms with van der Waals surface area (Å²) in [4.78, 5) is 17.2. The first kappa shape index (κ1) is 24.8. The average molecular weight is 506 g/mol. The second kappa shape index (κ2) is 10.9. The molecule has 0 fully saturated rings. The smallest absolute Gasteiger partial charge is 0.241 e. The zero-order chi connectivity index (χ0) is 24.8. The molecular weight excluding hydrogens is 478 g/mol. The van der Waals surface area contributed by atoms with Crippen LogP contribution in [-0.2, 0) is 21.2 Å². The van der Waals surface area contributed by atoms with E-state index in [2.05, 4.69) is 15.0 Å². The van der Waals surface area contributed by atoms with Crippen LogP contribution in [0.15, 0.2) is 89.1 Å². The van der Waals surface area contributed by atoms with Crippen LogP contribution in [0.25, 0.3) is 11.3 Å². The fourth-order valence-electron chi connectivity index (χ4n) is 3.68. The molecule has 0 bridgehead atoms. The van der Waals surface area contributed by atoms with Gasteiger partial charge in [-0.05, 0) is 55.7 Å². The third kappa shape index (κ3) is 6.63. The van der Waals surface area contributed by atoms with E-state index in [1.54, 1.807) is 35.6 Å². The molecule has 0 aliphatic carbocycles. The Balaban J connectivity index is 1.32. The summed E-state index contributed by atoms with van der Waals surface area (Å²) in [6.07, 6.45) is 0.792. The van der Waals surface area contributed by atoms with Gasteiger partial charge in [0.25, 0.3) is 0 Å². The zero-order valence-electron chi connectivity index (χ0n) is 19.6. The lowest BCUT2D eigenvalue weighted by molar-refractivity contribution is -0.116. The SMILES string of the molecule is Cc1nc(-c2cccc(NC(=O)CCc3ccc(S(=O)(=O)N[C@H](C)c4ccccc4)cc3)c2)cs1. The molecule has 1 aromatic heterocycles. The van der Waals surface area contributed by atoms with Crippen LogP contribution < -0.4 is 10.0 Å². The summed E-state index contributed by atoms with van der Waals surface area (Å²) in [5.74, 6) is -0.105. The highest BCUT2D eigenvalue weighted by atomic mass is 32.2. The van der Waals surface area contributed by atoms with Crippen LogP contribution in [0.2, 0.25) is 0 Å². The third-order valence-corrected chi connectivity index (χ3v) is 7.90. The van der Waals surface area contributed by atoms with E-state index in [0.29, 0.717) is 6.42 Å². The zero-order valence-corrected chi connectivity index (χ0v) is 21.2. The maximum Gasteiger partial charge on any atom is 0.241 e. The summed E-state index contributed by atoms with van der Waals surface area (Å²) in [6.45, 7) is 3.77. The van der Waals surface area contributed by atoms with E-state index < -0.39 is 10.0 Å². The molecule has 3 aromatic carbocycles. The van der Waals surface area contributed by atoms with E-state index in [-0.39, 0.29) is 23.3 Å². The first-order chi connectivity index (χ1) is 16.8. The highest BCUT2D eigenvalue weighted by molar-refractivity contribution is 7.89. The molecule has 0 aliphatic rings. The van der Waals surface area contributed by atoms with E-state index in [0.717, 1.165) is 33.1 Å². The van der Waals surface area contributed by atoms with Crippen LogP contribution >= 0.6 is 11.3 Å². The van der Waals surface area contributed by atoms with Gasteiger partial charge in [-0.3, -0.25) is 4.79 Å². The van der Waals surface area contributed by atoms with E-state index in [9.17, 15) is 13.2 Å². The molecular formula is C27H27N3O3S2. The number of aromatic nitrogens is 1. The third-order valence-electron chi connectivity index (χ3n) is 5.57. The fraction of sp³-hybridized carbons (Fsp3) is 0.185. The maximum absolute atomic E-state index is 12.7. The molecule has 0 aliphatic heterocycles. The number of benzene rings is 3. The molecule has 6 nitrogen and oxygen atoms in total. The van der Waals surface area contributed by atoms with Crippen molar-refractivity contribution in [3.05, 3.63) is 100 Å². The van der Waals surface area contributed by atoms with Crippen LogP contribution in [0.1, 0.15) is 35.5 Å². The molecule has 180 valence electrons. The van der Waals surface area contributed by atoms with Crippen LogP contribution in [0.4, 0.5) is 5.69 Å². The Hall–Kier alpha value is -3.33. The van der Waals surface area contributed by atoms with Gasteiger partial charge in [-0.2, -0.15) is 0 Å². The van der Waals surface area contributed by atoms with Crippen molar-refractivity contribution in [1.29, 1.82) is 0 Å². The van der Waals surface area contributed by atoms with Crippen LogP contribution in [0.5, 0.6) is 0 Å². The fourth-order valence-corrected chi connectivity index (χ4v) is 5.53. The van der Waals surface area contributed by atoms with E-state index >= 15 is 0 Å². The van der Waals surface area contributed by atoms with Gasteiger partial charge in [0, 0.05) is 29.1 Å². The first-order valence-electron chi connectivity index (χ1n) is 11.3. The number of rotatable bonds is 9. The molecule has 2 N–H and O–H groups in total. The molecule has 8 heteroatoms. The van der Waals surface area contributed by atoms with Crippen molar-refractivity contribution in [3.63, 3.8) is 0 Å². The molecule has 4 rings (SSSR count). The largest absolute Gasteiger partial charge is 0.326 e. The second-order valence-corrected chi connectivity index (χ2v) is 11.1. The maximum atomic E-state index is 12.7. The summed E-state index contributed by atoms with van der Waals surface area (Å²) < 4.78 is 28.2. The summed E-state index contributed by atoms with van der Waals surface area (Å²) >= 11 is 1.59. The summed E-state index contributed by atoms with van der Waals surface area (Å²) in [7, 11) is -3.66. The molecule has 4 aromatic rings. The first-order valence-corrected chi connectivity index (χ1v) is 13.6. The van der Waals surface area contributed by atoms with Crippen molar-refractivity contribution in [1.82, 2.24) is 9.71 Å². The van der Waals surface area contributed by atoms with Gasteiger partial charge in [0.15, 0.2) is 0 Å². The number of nitrogens with zero attached hydrogens (tertiary/aromatic N) is 1. The number of carbonyl (C=O) groups is 1. The van der Waals surface area contributed by atoms with Crippen LogP contribution in [0, 0.1) is 6.92 Å². The van der Waals surface area contributed by atoms with E-state index in [1.165, 1.54) is 0 Å². The van der Waals surface area contributed by atoms with Crippen molar-refractivity contribution in [3.8, 4) is 11.3 Å². The number of sulfonamides is 1. The van der Waals surface area contributed by atoms with E-state index in [1.807, 2.05) is 73.8 Å². The molecule has 0 spiro atoms. The Labute approximate surface area is 210 Å². The van der Waals surface area contributed by atoms with Crippen molar-refractivity contribution in [2.45, 2.75) is 37.6 Å². The summed E-state index contributed by atoms with van der Waals surface area (Å²) in [6, 6.07) is 23.4. The number of hydrogen-bond donors (Lipinski definition) is 2. The number of nitrogens with one attached hydrogen (secondary N) is 2. The van der Waals surface area contributed by atoms with Crippen LogP contribution in [-0.4, -0.2) is 19.3 Å². The number of anilines is 1. The molecule has 1 amide bonds. The highest BCUT2D eigenvalue weighted by Gasteiger charge is 2.18. The predicted octanol–water partition coefficient (Wildman–Crippen LogP) is 5.73. The lowest BCUT2D eigenvalue weighted by Gasteiger charge is -2.15. The van der Waals surface area contributed by atoms with Crippen molar-refractivity contribution in [2.75, 3.05) is 5.32 Å². The minimum atomic E-state index is -3.66. The van der Waals surface area contributed by atoms with Crippen molar-refractivity contribution >= 4 is 33.0 Å². The molecule has 1 heterocycles. The van der Waals surface area contributed by atoms with Gasteiger partial charge in [0.1, 0.15) is 0 Å². The standard InChI is InChI=1S/C27H27N3O3S2/c1-19(22-7-4-3-5-8-22)30-35(32,33)25-14-11-21(12-15-25)13-16-27(31)29-24-10-6-9-23(17-24)26-18-34-20(2)28-26/h3-12,14-15,17-19,30H,13,16H2,1-2H3,(H,29,31)/t19-/m1/s1. The lowest BCUT2D eigenvalue weighted by atomic mass is 10.1. The molecule has 0 radical (unpaired) electrons. The molecule has 0 saturated heterocycles. The minimum Gasteiger partial charge on any atom is -0.326 e. The number of carbonyl (C=O) groups excluding carboxylic acids is 1. The number of aryl methyl sites for hydroxylation is 2. The number of thiazole rings is 1. The number of amides is 1. The molecule has 1 atom stereocenters. The Morgan fingerprint density at radius 1 is 1.00 bits per heavy atom. The minimum absolute atomic E-state index is 0.105. The second-order valence-electron chi connectivity index (χ2n) is 8.28. The van der Waals surface area contributed by atoms with Crippen molar-refractivity contribution < 1.29 is 13.2 Å². The Bertz CT molecular complexity index is 1400. The summed E-state index contributed by atoms with van der Waals surface area (Å²) in [5.41, 5.74) is 4.36. The van der Waals surface area contributed by atoms with Gasteiger partial charge in [-0.25, -0.2) is 18.1 Å². The Morgan fingerprint density at radius 2 is 1.74 bits per heavy atom. The van der Waals surface area contributed by atoms with Crippen molar-refractivity contribution in [2.24, 2.45) is 0 Å². The highest BCUT2D eigenvalue weighted by Crippen LogP contribution is 2.24. The molecule has 0 saturated carbocycles. The molecule has 35 heavy (non-hydrogen) atoms. The van der Waals surface area contributed by atoms with Gasteiger partial charge in [0.05, 0.1) is 15.6 Å². The molecule has 0 unspecified atom stereocenters. The van der Waals surface area contributed by atoms with Gasteiger partial charge in [-0.15, -0.1) is 11.3 Å². The number of hydrogen-bond acceptors (Lipinski definition) is 5. The van der Waals surface area contributed by atoms with Gasteiger partial charge in [0.2, 0.25) is 15.9 Å². The normalized spacial score (nSPS) is 12.3. The van der Waals surface area contributed by atoms with Gasteiger partial charge < -0.3 is 5.32 Å². The summed E-state index contributed by atoms with van der Waals surface area (Å²) in [5, 5.41) is 5.93. The topological polar surface area (TPSA) is 88.2 Å². The van der Waals surface area contributed by atoms with E-state index in [4.69, 9.17) is 0 Å². The average Bonchev–Trinajstić information content (AvgIpc) is 3.30. The predicted molar refractivity (Wildman–Crippen MR) is 141 cm³/mol. The van der Waals surface area contributed by atoms with Crippen LogP contribution in [0.3, 0.4) is 0 Å². The monoisotopic (exact) mass is 505 g/mol. The lowest BCUT2D eigenvalue weighted by Crippen LogP contribution is -2.26.